The molecule has 23 heavy (non-hydrogen) atoms. The number of thioether (sulfide) groups is 1. The molecule has 0 saturated carbocycles. The van der Waals surface area contributed by atoms with Crippen molar-refractivity contribution in [3.05, 3.63) is 70.4 Å². The lowest BCUT2D eigenvalue weighted by Crippen LogP contribution is -2.19. The van der Waals surface area contributed by atoms with Crippen LogP contribution in [0.3, 0.4) is 0 Å². The van der Waals surface area contributed by atoms with Crippen molar-refractivity contribution in [1.82, 2.24) is 5.32 Å². The minimum Gasteiger partial charge on any atom is -0.300 e. The van der Waals surface area contributed by atoms with Crippen LogP contribution >= 0.6 is 11.8 Å². The number of benzene rings is 2. The summed E-state index contributed by atoms with van der Waals surface area (Å²) in [4.78, 5) is 16.6. The first-order chi connectivity index (χ1) is 11.2. The molecule has 1 heterocycles. The highest BCUT2D eigenvalue weighted by atomic mass is 32.2. The van der Waals surface area contributed by atoms with Crippen LogP contribution in [0.1, 0.15) is 11.1 Å². The zero-order valence-electron chi connectivity index (χ0n) is 11.8. The number of hydrogen-bond acceptors (Lipinski definition) is 4. The standard InChI is InChI=1S/C17H10FN3OS/c18-13-7-3-1-5-11(13)9-15-16(22)21-17(23-15)20-14-8-4-2-6-12(14)10-19/h1-9H,(H,20,21,22)/b15-9-. The highest BCUT2D eigenvalue weighted by Crippen LogP contribution is 2.29. The molecule has 1 aliphatic heterocycles. The molecule has 4 nitrogen and oxygen atoms in total. The summed E-state index contributed by atoms with van der Waals surface area (Å²) >= 11 is 1.11. The van der Waals surface area contributed by atoms with Crippen LogP contribution in [-0.4, -0.2) is 11.1 Å². The van der Waals surface area contributed by atoms with Gasteiger partial charge in [-0.25, -0.2) is 9.38 Å². The normalized spacial score (nSPS) is 17.3. The predicted molar refractivity (Wildman–Crippen MR) is 88.4 cm³/mol. The van der Waals surface area contributed by atoms with E-state index in [1.165, 1.54) is 12.1 Å². The average molecular weight is 323 g/mol. The number of nitrogens with one attached hydrogen (secondary N) is 1. The van der Waals surface area contributed by atoms with Crippen LogP contribution in [0.15, 0.2) is 58.4 Å². The largest absolute Gasteiger partial charge is 0.300 e. The van der Waals surface area contributed by atoms with Gasteiger partial charge in [-0.3, -0.25) is 4.79 Å². The zero-order chi connectivity index (χ0) is 16.2. The Morgan fingerprint density at radius 2 is 1.91 bits per heavy atom. The highest BCUT2D eigenvalue weighted by molar-refractivity contribution is 8.18. The van der Waals surface area contributed by atoms with Gasteiger partial charge in [0.15, 0.2) is 5.17 Å². The van der Waals surface area contributed by atoms with Crippen LogP contribution in [0.4, 0.5) is 10.1 Å². The fourth-order valence-corrected chi connectivity index (χ4v) is 2.81. The number of rotatable bonds is 2. The molecule has 1 aliphatic rings. The summed E-state index contributed by atoms with van der Waals surface area (Å²) in [6, 6.07) is 15.1. The van der Waals surface area contributed by atoms with Crippen molar-refractivity contribution in [1.29, 1.82) is 5.26 Å². The Morgan fingerprint density at radius 3 is 2.70 bits per heavy atom. The van der Waals surface area contributed by atoms with Crippen LogP contribution in [0.5, 0.6) is 0 Å². The number of carbonyl (C=O) groups excluding carboxylic acids is 1. The summed E-state index contributed by atoms with van der Waals surface area (Å²) in [5.41, 5.74) is 1.23. The average Bonchev–Trinajstić information content (AvgIpc) is 2.89. The smallest absolute Gasteiger partial charge is 0.264 e. The van der Waals surface area contributed by atoms with Gasteiger partial charge in [0.2, 0.25) is 0 Å². The third kappa shape index (κ3) is 3.30. The van der Waals surface area contributed by atoms with E-state index < -0.39 is 5.82 Å². The summed E-state index contributed by atoms with van der Waals surface area (Å²) in [6.07, 6.45) is 1.48. The van der Waals surface area contributed by atoms with E-state index in [9.17, 15) is 9.18 Å². The SMILES string of the molecule is N#Cc1ccccc1N=C1NC(=O)/C(=C/c2ccccc2F)S1. The van der Waals surface area contributed by atoms with E-state index in [4.69, 9.17) is 5.26 Å². The van der Waals surface area contributed by atoms with Gasteiger partial charge in [0.05, 0.1) is 16.2 Å². The summed E-state index contributed by atoms with van der Waals surface area (Å²) < 4.78 is 13.7. The number of halogens is 1. The number of amidine groups is 1. The van der Waals surface area contributed by atoms with E-state index in [2.05, 4.69) is 10.3 Å². The molecule has 3 rings (SSSR count). The molecule has 0 aromatic heterocycles. The number of hydrogen-bond donors (Lipinski definition) is 1. The van der Waals surface area contributed by atoms with Crippen molar-refractivity contribution >= 4 is 34.6 Å². The monoisotopic (exact) mass is 323 g/mol. The molecule has 1 fully saturated rings. The Bertz CT molecular complexity index is 883. The van der Waals surface area contributed by atoms with Gasteiger partial charge in [0, 0.05) is 5.56 Å². The lowest BCUT2D eigenvalue weighted by atomic mass is 10.2. The molecular formula is C17H10FN3OS. The van der Waals surface area contributed by atoms with E-state index >= 15 is 0 Å². The van der Waals surface area contributed by atoms with Gasteiger partial charge in [-0.1, -0.05) is 30.3 Å². The highest BCUT2D eigenvalue weighted by Gasteiger charge is 2.24. The van der Waals surface area contributed by atoms with Crippen molar-refractivity contribution in [2.45, 2.75) is 0 Å². The molecule has 0 bridgehead atoms. The van der Waals surface area contributed by atoms with Crippen LogP contribution in [0.25, 0.3) is 6.08 Å². The summed E-state index contributed by atoms with van der Waals surface area (Å²) in [7, 11) is 0. The number of nitrogens with zero attached hydrogens (tertiary/aromatic N) is 2. The summed E-state index contributed by atoms with van der Waals surface area (Å²) in [6.45, 7) is 0. The second-order valence-corrected chi connectivity index (χ2v) is 5.66. The van der Waals surface area contributed by atoms with E-state index in [1.54, 1.807) is 42.5 Å². The predicted octanol–water partition coefficient (Wildman–Crippen LogP) is 3.59. The van der Waals surface area contributed by atoms with E-state index in [1.807, 2.05) is 6.07 Å². The quantitative estimate of drug-likeness (QED) is 0.859. The minimum atomic E-state index is -0.395. The van der Waals surface area contributed by atoms with Gasteiger partial charge in [-0.15, -0.1) is 0 Å². The Balaban J connectivity index is 1.90. The fraction of sp³-hybridized carbons (Fsp3) is 0. The zero-order valence-corrected chi connectivity index (χ0v) is 12.6. The van der Waals surface area contributed by atoms with Gasteiger partial charge >= 0.3 is 0 Å². The molecule has 1 amide bonds. The molecule has 0 radical (unpaired) electrons. The molecule has 1 saturated heterocycles. The van der Waals surface area contributed by atoms with Crippen molar-refractivity contribution < 1.29 is 9.18 Å². The lowest BCUT2D eigenvalue weighted by molar-refractivity contribution is -0.115. The van der Waals surface area contributed by atoms with E-state index in [0.29, 0.717) is 26.9 Å². The Morgan fingerprint density at radius 1 is 1.17 bits per heavy atom. The van der Waals surface area contributed by atoms with Crippen LogP contribution in [0, 0.1) is 17.1 Å². The van der Waals surface area contributed by atoms with Crippen LogP contribution in [-0.2, 0) is 4.79 Å². The molecule has 0 spiro atoms. The number of amides is 1. The maximum absolute atomic E-state index is 13.7. The molecule has 2 aromatic rings. The van der Waals surface area contributed by atoms with Crippen LogP contribution in [0.2, 0.25) is 0 Å². The van der Waals surface area contributed by atoms with Gasteiger partial charge in [0.1, 0.15) is 11.9 Å². The molecule has 0 atom stereocenters. The third-order valence-electron chi connectivity index (χ3n) is 3.09. The third-order valence-corrected chi connectivity index (χ3v) is 4.00. The molecule has 1 N–H and O–H groups in total. The summed E-state index contributed by atoms with van der Waals surface area (Å²) in [5, 5.41) is 12.0. The van der Waals surface area contributed by atoms with Gasteiger partial charge in [0.25, 0.3) is 5.91 Å². The van der Waals surface area contributed by atoms with Crippen molar-refractivity contribution in [3.8, 4) is 6.07 Å². The summed E-state index contributed by atoms with van der Waals surface area (Å²) in [5.74, 6) is -0.736. The van der Waals surface area contributed by atoms with Crippen molar-refractivity contribution in [3.63, 3.8) is 0 Å². The first-order valence-electron chi connectivity index (χ1n) is 6.70. The second kappa shape index (κ2) is 6.46. The maximum Gasteiger partial charge on any atom is 0.264 e. The molecule has 0 aliphatic carbocycles. The maximum atomic E-state index is 13.7. The lowest BCUT2D eigenvalue weighted by Gasteiger charge is -1.98. The first-order valence-corrected chi connectivity index (χ1v) is 7.52. The number of aliphatic imine (C=N–C) groups is 1. The minimum absolute atomic E-state index is 0.337. The number of nitriles is 1. The van der Waals surface area contributed by atoms with Gasteiger partial charge in [-0.2, -0.15) is 5.26 Å². The Kier molecular flexibility index (Phi) is 4.22. The van der Waals surface area contributed by atoms with Crippen molar-refractivity contribution in [2.24, 2.45) is 4.99 Å². The molecule has 0 unspecified atom stereocenters. The number of para-hydroxylation sites is 1. The second-order valence-electron chi connectivity index (χ2n) is 4.63. The fourth-order valence-electron chi connectivity index (χ4n) is 1.99. The Hall–Kier alpha value is -2.91. The molecule has 2 aromatic carbocycles. The Labute approximate surface area is 136 Å². The van der Waals surface area contributed by atoms with E-state index in [0.717, 1.165) is 11.8 Å². The topological polar surface area (TPSA) is 65.2 Å². The number of carbonyl (C=O) groups is 1. The van der Waals surface area contributed by atoms with Gasteiger partial charge in [-0.05, 0) is 36.0 Å². The molecule has 112 valence electrons. The van der Waals surface area contributed by atoms with Crippen molar-refractivity contribution in [2.75, 3.05) is 0 Å². The molecule has 6 heteroatoms. The molecular weight excluding hydrogens is 313 g/mol. The van der Waals surface area contributed by atoms with Gasteiger partial charge < -0.3 is 5.32 Å². The van der Waals surface area contributed by atoms with Crippen LogP contribution < -0.4 is 5.32 Å². The van der Waals surface area contributed by atoms with E-state index in [-0.39, 0.29) is 5.91 Å². The first kappa shape index (κ1) is 15.0.